The first-order valence-corrected chi connectivity index (χ1v) is 8.31. The molecule has 0 spiro atoms. The van der Waals surface area contributed by atoms with Crippen molar-refractivity contribution in [3.8, 4) is 0 Å². The molecule has 0 radical (unpaired) electrons. The van der Waals surface area contributed by atoms with Gasteiger partial charge in [0, 0.05) is 16.5 Å². The van der Waals surface area contributed by atoms with E-state index in [1.807, 2.05) is 0 Å². The summed E-state index contributed by atoms with van der Waals surface area (Å²) in [4.78, 5) is 24.3. The van der Waals surface area contributed by atoms with Crippen LogP contribution in [0.25, 0.3) is 0 Å². The third kappa shape index (κ3) is 5.08. The van der Waals surface area contributed by atoms with Gasteiger partial charge in [-0.15, -0.1) is 0 Å². The monoisotopic (exact) mass is 429 g/mol. The van der Waals surface area contributed by atoms with Crippen LogP contribution in [0.2, 0.25) is 0 Å². The Labute approximate surface area is 156 Å². The van der Waals surface area contributed by atoms with Crippen LogP contribution in [0.4, 0.5) is 13.2 Å². The molecule has 0 bridgehead atoms. The number of rotatable bonds is 5. The van der Waals surface area contributed by atoms with Crippen molar-refractivity contribution >= 4 is 27.8 Å². The summed E-state index contributed by atoms with van der Waals surface area (Å²) in [6.07, 6.45) is -4.91. The van der Waals surface area contributed by atoms with Crippen molar-refractivity contribution in [3.05, 3.63) is 69.7 Å². The molecule has 2 aromatic rings. The van der Waals surface area contributed by atoms with Crippen LogP contribution in [-0.2, 0) is 22.1 Å². The van der Waals surface area contributed by atoms with E-state index < -0.39 is 29.7 Å². The van der Waals surface area contributed by atoms with Gasteiger partial charge in [0.05, 0.1) is 12.7 Å². The van der Waals surface area contributed by atoms with E-state index in [4.69, 9.17) is 0 Å². The number of halogens is 4. The zero-order valence-electron chi connectivity index (χ0n) is 13.6. The van der Waals surface area contributed by atoms with Crippen molar-refractivity contribution in [2.75, 3.05) is 7.11 Å². The van der Waals surface area contributed by atoms with Gasteiger partial charge in [-0.25, -0.2) is 4.79 Å². The fourth-order valence-corrected chi connectivity index (χ4v) is 2.80. The number of benzene rings is 2. The molecule has 2 aromatic carbocycles. The van der Waals surface area contributed by atoms with Crippen molar-refractivity contribution in [1.29, 1.82) is 0 Å². The van der Waals surface area contributed by atoms with Crippen LogP contribution in [0, 0.1) is 0 Å². The second-order valence-corrected chi connectivity index (χ2v) is 6.33. The highest BCUT2D eigenvalue weighted by molar-refractivity contribution is 9.10. The second kappa shape index (κ2) is 8.35. The first kappa shape index (κ1) is 20.0. The van der Waals surface area contributed by atoms with Gasteiger partial charge in [-0.3, -0.25) is 4.79 Å². The van der Waals surface area contributed by atoms with Crippen LogP contribution in [-0.4, -0.2) is 25.0 Å². The number of hydrogen-bond donors (Lipinski definition) is 1. The molecule has 0 aliphatic carbocycles. The standard InChI is InChI=1S/C18H15BrF3NO3/c1-26-17(25)15(23-16(24)12-6-4-7-13(19)9-12)10-11-5-2-3-8-14(11)18(20,21)22/h2-9,15H,10H2,1H3,(H,23,24)/t15-/m1/s1. The van der Waals surface area contributed by atoms with Gasteiger partial charge in [0.25, 0.3) is 5.91 Å². The molecule has 0 aromatic heterocycles. The Morgan fingerprint density at radius 1 is 1.15 bits per heavy atom. The minimum Gasteiger partial charge on any atom is -0.467 e. The molecule has 0 heterocycles. The number of amides is 1. The summed E-state index contributed by atoms with van der Waals surface area (Å²) < 4.78 is 44.7. The second-order valence-electron chi connectivity index (χ2n) is 5.42. The lowest BCUT2D eigenvalue weighted by atomic mass is 9.99. The molecule has 8 heteroatoms. The Balaban J connectivity index is 2.27. The predicted molar refractivity (Wildman–Crippen MR) is 92.6 cm³/mol. The minimum atomic E-state index is -4.56. The van der Waals surface area contributed by atoms with Gasteiger partial charge in [0.1, 0.15) is 6.04 Å². The molecule has 1 N–H and O–H groups in total. The fourth-order valence-electron chi connectivity index (χ4n) is 2.40. The fraction of sp³-hybridized carbons (Fsp3) is 0.222. The number of alkyl halides is 3. The summed E-state index contributed by atoms with van der Waals surface area (Å²) in [5.74, 6) is -1.42. The third-order valence-electron chi connectivity index (χ3n) is 3.62. The lowest BCUT2D eigenvalue weighted by Crippen LogP contribution is -2.43. The summed E-state index contributed by atoms with van der Waals surface area (Å²) in [6, 6.07) is 10.1. The summed E-state index contributed by atoms with van der Waals surface area (Å²) >= 11 is 3.23. The molecule has 2 rings (SSSR count). The maximum Gasteiger partial charge on any atom is 0.416 e. The SMILES string of the molecule is COC(=O)[C@@H](Cc1ccccc1C(F)(F)F)NC(=O)c1cccc(Br)c1. The highest BCUT2D eigenvalue weighted by Gasteiger charge is 2.34. The molecule has 1 atom stereocenters. The smallest absolute Gasteiger partial charge is 0.416 e. The van der Waals surface area contributed by atoms with Gasteiger partial charge in [-0.1, -0.05) is 40.2 Å². The van der Waals surface area contributed by atoms with Crippen LogP contribution in [0.15, 0.2) is 53.0 Å². The van der Waals surface area contributed by atoms with Gasteiger partial charge < -0.3 is 10.1 Å². The van der Waals surface area contributed by atoms with E-state index in [2.05, 4.69) is 26.0 Å². The van der Waals surface area contributed by atoms with Crippen LogP contribution in [0.5, 0.6) is 0 Å². The highest BCUT2D eigenvalue weighted by Crippen LogP contribution is 2.32. The zero-order chi connectivity index (χ0) is 19.3. The number of hydrogen-bond acceptors (Lipinski definition) is 3. The van der Waals surface area contributed by atoms with Crippen molar-refractivity contribution < 1.29 is 27.5 Å². The topological polar surface area (TPSA) is 55.4 Å². The van der Waals surface area contributed by atoms with E-state index >= 15 is 0 Å². The lowest BCUT2D eigenvalue weighted by Gasteiger charge is -2.19. The van der Waals surface area contributed by atoms with Crippen LogP contribution < -0.4 is 5.32 Å². The van der Waals surface area contributed by atoms with Crippen molar-refractivity contribution in [2.45, 2.75) is 18.6 Å². The maximum absolute atomic E-state index is 13.1. The molecular weight excluding hydrogens is 415 g/mol. The van der Waals surface area contributed by atoms with Crippen LogP contribution in [0.3, 0.4) is 0 Å². The molecule has 0 aliphatic heterocycles. The molecule has 0 fully saturated rings. The lowest BCUT2D eigenvalue weighted by molar-refractivity contribution is -0.144. The van der Waals surface area contributed by atoms with Gasteiger partial charge in [-0.05, 0) is 29.8 Å². The quantitative estimate of drug-likeness (QED) is 0.731. The zero-order valence-corrected chi connectivity index (χ0v) is 15.2. The number of ether oxygens (including phenoxy) is 1. The Hall–Kier alpha value is -2.35. The number of carbonyl (C=O) groups is 2. The third-order valence-corrected chi connectivity index (χ3v) is 4.12. The first-order chi connectivity index (χ1) is 12.2. The van der Waals surface area contributed by atoms with Gasteiger partial charge >= 0.3 is 12.1 Å². The van der Waals surface area contributed by atoms with Gasteiger partial charge in [-0.2, -0.15) is 13.2 Å². The van der Waals surface area contributed by atoms with Crippen molar-refractivity contribution in [1.82, 2.24) is 5.32 Å². The minimum absolute atomic E-state index is 0.107. The molecule has 0 aliphatic rings. The van der Waals surface area contributed by atoms with E-state index in [0.717, 1.165) is 13.2 Å². The molecular formula is C18H15BrF3NO3. The Kier molecular flexibility index (Phi) is 6.42. The molecule has 0 unspecified atom stereocenters. The summed E-state index contributed by atoms with van der Waals surface area (Å²) in [7, 11) is 1.11. The van der Waals surface area contributed by atoms with Gasteiger partial charge in [0.2, 0.25) is 0 Å². The molecule has 1 amide bonds. The Morgan fingerprint density at radius 2 is 1.85 bits per heavy atom. The Morgan fingerprint density at radius 3 is 2.46 bits per heavy atom. The highest BCUT2D eigenvalue weighted by atomic mass is 79.9. The Bertz CT molecular complexity index is 808. The maximum atomic E-state index is 13.1. The summed E-state index contributed by atoms with van der Waals surface area (Å²) in [5.41, 5.74) is -0.701. The summed E-state index contributed by atoms with van der Waals surface area (Å²) in [6.45, 7) is 0. The first-order valence-electron chi connectivity index (χ1n) is 7.51. The normalized spacial score (nSPS) is 12.3. The molecule has 138 valence electrons. The molecule has 0 saturated heterocycles. The average Bonchev–Trinajstić information content (AvgIpc) is 2.60. The van der Waals surface area contributed by atoms with Crippen LogP contribution >= 0.6 is 15.9 Å². The van der Waals surface area contributed by atoms with Crippen molar-refractivity contribution in [3.63, 3.8) is 0 Å². The average molecular weight is 430 g/mol. The van der Waals surface area contributed by atoms with Crippen molar-refractivity contribution in [2.24, 2.45) is 0 Å². The van der Waals surface area contributed by atoms with E-state index in [1.54, 1.807) is 12.1 Å². The van der Waals surface area contributed by atoms with E-state index in [0.29, 0.717) is 4.47 Å². The summed E-state index contributed by atoms with van der Waals surface area (Å²) in [5, 5.41) is 2.44. The number of methoxy groups -OCH3 is 1. The number of nitrogens with one attached hydrogen (secondary N) is 1. The number of carbonyl (C=O) groups excluding carboxylic acids is 2. The number of esters is 1. The van der Waals surface area contributed by atoms with Gasteiger partial charge in [0.15, 0.2) is 0 Å². The molecule has 0 saturated carbocycles. The predicted octanol–water partition coefficient (Wildman–Crippen LogP) is 3.98. The largest absolute Gasteiger partial charge is 0.467 e. The molecule has 4 nitrogen and oxygen atoms in total. The van der Waals surface area contributed by atoms with E-state index in [9.17, 15) is 22.8 Å². The van der Waals surface area contributed by atoms with Crippen LogP contribution in [0.1, 0.15) is 21.5 Å². The van der Waals surface area contributed by atoms with E-state index in [-0.39, 0.29) is 17.5 Å². The van der Waals surface area contributed by atoms with E-state index in [1.165, 1.54) is 30.3 Å². The molecule has 26 heavy (non-hydrogen) atoms.